The summed E-state index contributed by atoms with van der Waals surface area (Å²) in [5.74, 6) is -0.893. The molecular formula is C23H19ClF3N3O2. The molecule has 0 heterocycles. The number of anilines is 3. The quantitative estimate of drug-likeness (QED) is 0.423. The van der Waals surface area contributed by atoms with E-state index in [2.05, 4.69) is 16.0 Å². The molecule has 3 rings (SSSR count). The number of nitrogens with one attached hydrogen (secondary N) is 3. The molecule has 9 heteroatoms. The predicted molar refractivity (Wildman–Crippen MR) is 119 cm³/mol. The highest BCUT2D eigenvalue weighted by Gasteiger charge is 2.30. The molecule has 32 heavy (non-hydrogen) atoms. The molecule has 0 saturated heterocycles. The molecule has 0 spiro atoms. The lowest BCUT2D eigenvalue weighted by Gasteiger charge is -2.11. The van der Waals surface area contributed by atoms with Crippen LogP contribution in [0.1, 0.15) is 21.5 Å². The third kappa shape index (κ3) is 6.24. The number of aryl methyl sites for hydroxylation is 1. The first kappa shape index (κ1) is 23.1. The largest absolute Gasteiger partial charge is 0.416 e. The maximum absolute atomic E-state index is 12.8. The summed E-state index contributed by atoms with van der Waals surface area (Å²) in [5, 5.41) is 8.60. The lowest BCUT2D eigenvalue weighted by molar-refractivity contribution is -0.137. The van der Waals surface area contributed by atoms with Crippen LogP contribution in [0.2, 0.25) is 5.02 Å². The molecule has 0 aliphatic heterocycles. The lowest BCUT2D eigenvalue weighted by Crippen LogP contribution is -2.22. The van der Waals surface area contributed by atoms with E-state index in [1.807, 2.05) is 6.92 Å². The molecule has 0 radical (unpaired) electrons. The van der Waals surface area contributed by atoms with Gasteiger partial charge >= 0.3 is 6.18 Å². The van der Waals surface area contributed by atoms with Gasteiger partial charge in [-0.15, -0.1) is 0 Å². The smallest absolute Gasteiger partial charge is 0.376 e. The van der Waals surface area contributed by atoms with E-state index in [0.29, 0.717) is 16.4 Å². The molecule has 0 atom stereocenters. The van der Waals surface area contributed by atoms with Crippen molar-refractivity contribution < 1.29 is 22.8 Å². The van der Waals surface area contributed by atoms with Crippen molar-refractivity contribution in [3.8, 4) is 0 Å². The average molecular weight is 462 g/mol. The van der Waals surface area contributed by atoms with Gasteiger partial charge in [-0.3, -0.25) is 9.59 Å². The number of benzene rings is 3. The van der Waals surface area contributed by atoms with E-state index in [1.165, 1.54) is 24.3 Å². The molecular weight excluding hydrogens is 443 g/mol. The van der Waals surface area contributed by atoms with E-state index in [0.717, 1.165) is 17.7 Å². The zero-order valence-corrected chi connectivity index (χ0v) is 17.6. The van der Waals surface area contributed by atoms with Crippen LogP contribution in [0.5, 0.6) is 0 Å². The van der Waals surface area contributed by atoms with Crippen LogP contribution < -0.4 is 16.0 Å². The minimum absolute atomic E-state index is 0.0272. The zero-order valence-electron chi connectivity index (χ0n) is 16.9. The number of carbonyl (C=O) groups excluding carboxylic acids is 2. The van der Waals surface area contributed by atoms with Crippen LogP contribution in [0.15, 0.2) is 66.7 Å². The van der Waals surface area contributed by atoms with Crippen LogP contribution in [-0.2, 0) is 11.0 Å². The summed E-state index contributed by atoms with van der Waals surface area (Å²) in [6.07, 6.45) is -4.50. The van der Waals surface area contributed by atoms with Crippen LogP contribution in [0, 0.1) is 6.92 Å². The van der Waals surface area contributed by atoms with E-state index in [9.17, 15) is 22.8 Å². The molecule has 0 bridgehead atoms. The SMILES string of the molecule is Cc1ccc(NC(=O)CNc2cccc(C(=O)Nc3cccc(C(F)(F)F)c3)c2)cc1Cl. The third-order valence-electron chi connectivity index (χ3n) is 4.48. The van der Waals surface area contributed by atoms with Gasteiger partial charge in [-0.1, -0.05) is 29.8 Å². The summed E-state index contributed by atoms with van der Waals surface area (Å²) in [5.41, 5.74) is 1.34. The van der Waals surface area contributed by atoms with E-state index in [-0.39, 0.29) is 23.7 Å². The highest BCUT2D eigenvalue weighted by Crippen LogP contribution is 2.30. The van der Waals surface area contributed by atoms with Crippen molar-refractivity contribution in [2.45, 2.75) is 13.1 Å². The number of hydrogen-bond donors (Lipinski definition) is 3. The predicted octanol–water partition coefficient (Wildman–Crippen LogP) is 5.97. The summed E-state index contributed by atoms with van der Waals surface area (Å²) in [4.78, 5) is 24.6. The van der Waals surface area contributed by atoms with Crippen molar-refractivity contribution >= 4 is 40.5 Å². The van der Waals surface area contributed by atoms with Gasteiger partial charge in [-0.25, -0.2) is 0 Å². The average Bonchev–Trinajstić information content (AvgIpc) is 2.75. The van der Waals surface area contributed by atoms with Crippen LogP contribution in [0.25, 0.3) is 0 Å². The number of alkyl halides is 3. The Labute approximate surface area is 187 Å². The first-order valence-corrected chi connectivity index (χ1v) is 9.88. The van der Waals surface area contributed by atoms with Gasteiger partial charge in [0.05, 0.1) is 12.1 Å². The molecule has 2 amide bonds. The standard InChI is InChI=1S/C23H19ClF3N3O2/c1-14-8-9-19(12-20(14)24)29-21(31)13-28-17-6-2-4-15(10-17)22(32)30-18-7-3-5-16(11-18)23(25,26)27/h2-12,28H,13H2,1H3,(H,29,31)(H,30,32). The van der Waals surface area contributed by atoms with Gasteiger partial charge in [-0.2, -0.15) is 13.2 Å². The maximum Gasteiger partial charge on any atom is 0.416 e. The number of rotatable bonds is 6. The van der Waals surface area contributed by atoms with E-state index in [4.69, 9.17) is 11.6 Å². The molecule has 3 N–H and O–H groups in total. The summed E-state index contributed by atoms with van der Waals surface area (Å²) < 4.78 is 38.5. The minimum atomic E-state index is -4.50. The van der Waals surface area contributed by atoms with Crippen molar-refractivity contribution in [2.24, 2.45) is 0 Å². The van der Waals surface area contributed by atoms with E-state index in [1.54, 1.807) is 30.3 Å². The second-order valence-electron chi connectivity index (χ2n) is 6.98. The van der Waals surface area contributed by atoms with Crippen LogP contribution >= 0.6 is 11.6 Å². The van der Waals surface area contributed by atoms with Gasteiger partial charge in [0.1, 0.15) is 0 Å². The molecule has 0 aliphatic carbocycles. The first-order chi connectivity index (χ1) is 15.1. The molecule has 3 aromatic carbocycles. The van der Waals surface area contributed by atoms with Crippen molar-refractivity contribution in [3.63, 3.8) is 0 Å². The fraction of sp³-hybridized carbons (Fsp3) is 0.130. The van der Waals surface area contributed by atoms with Crippen LogP contribution in [0.3, 0.4) is 0 Å². The monoisotopic (exact) mass is 461 g/mol. The van der Waals surface area contributed by atoms with Crippen LogP contribution in [-0.4, -0.2) is 18.4 Å². The Hall–Kier alpha value is -3.52. The van der Waals surface area contributed by atoms with E-state index >= 15 is 0 Å². The summed E-state index contributed by atoms with van der Waals surface area (Å²) >= 11 is 6.05. The summed E-state index contributed by atoms with van der Waals surface area (Å²) in [6, 6.07) is 15.8. The van der Waals surface area contributed by atoms with E-state index < -0.39 is 17.6 Å². The number of halogens is 4. The second-order valence-corrected chi connectivity index (χ2v) is 7.39. The molecule has 5 nitrogen and oxygen atoms in total. The van der Waals surface area contributed by atoms with Crippen LogP contribution in [0.4, 0.5) is 30.2 Å². The fourth-order valence-corrected chi connectivity index (χ4v) is 2.99. The molecule has 0 aliphatic rings. The van der Waals surface area contributed by atoms with Gasteiger partial charge in [0.2, 0.25) is 5.91 Å². The van der Waals surface area contributed by atoms with Gasteiger partial charge in [0.25, 0.3) is 5.91 Å². The summed E-state index contributed by atoms with van der Waals surface area (Å²) in [6.45, 7) is 1.79. The first-order valence-electron chi connectivity index (χ1n) is 9.50. The third-order valence-corrected chi connectivity index (χ3v) is 4.89. The molecule has 166 valence electrons. The van der Waals surface area contributed by atoms with Gasteiger partial charge in [-0.05, 0) is 61.0 Å². The van der Waals surface area contributed by atoms with Crippen molar-refractivity contribution in [1.29, 1.82) is 0 Å². The van der Waals surface area contributed by atoms with Gasteiger partial charge < -0.3 is 16.0 Å². The molecule has 0 aromatic heterocycles. The Morgan fingerprint density at radius 1 is 0.875 bits per heavy atom. The Kier molecular flexibility index (Phi) is 7.05. The Balaban J connectivity index is 1.60. The minimum Gasteiger partial charge on any atom is -0.376 e. The fourth-order valence-electron chi connectivity index (χ4n) is 2.81. The van der Waals surface area contributed by atoms with Crippen molar-refractivity contribution in [3.05, 3.63) is 88.4 Å². The molecule has 0 saturated carbocycles. The number of carbonyl (C=O) groups is 2. The summed E-state index contributed by atoms with van der Waals surface area (Å²) in [7, 11) is 0. The second kappa shape index (κ2) is 9.74. The maximum atomic E-state index is 12.8. The van der Waals surface area contributed by atoms with Crippen molar-refractivity contribution in [1.82, 2.24) is 0 Å². The number of amides is 2. The Morgan fingerprint density at radius 3 is 2.28 bits per heavy atom. The Morgan fingerprint density at radius 2 is 1.56 bits per heavy atom. The zero-order chi connectivity index (χ0) is 23.3. The molecule has 3 aromatic rings. The highest BCUT2D eigenvalue weighted by molar-refractivity contribution is 6.31. The van der Waals surface area contributed by atoms with Crippen molar-refractivity contribution in [2.75, 3.05) is 22.5 Å². The molecule has 0 unspecified atom stereocenters. The highest BCUT2D eigenvalue weighted by atomic mass is 35.5. The van der Waals surface area contributed by atoms with Gasteiger partial charge in [0, 0.05) is 27.6 Å². The molecule has 0 fully saturated rings. The van der Waals surface area contributed by atoms with Gasteiger partial charge in [0.15, 0.2) is 0 Å². The topological polar surface area (TPSA) is 70.2 Å². The number of hydrogen-bond acceptors (Lipinski definition) is 3. The lowest BCUT2D eigenvalue weighted by atomic mass is 10.1. The normalized spacial score (nSPS) is 11.0. The Bertz CT molecular complexity index is 1150.